The second-order valence-corrected chi connectivity index (χ2v) is 12.1. The summed E-state index contributed by atoms with van der Waals surface area (Å²) in [6.07, 6.45) is 9.67. The van der Waals surface area contributed by atoms with Crippen LogP contribution in [0.3, 0.4) is 0 Å². The average Bonchev–Trinajstić information content (AvgIpc) is 3.02. The SMILES string of the molecule is CCCCCCCOc1ccccc1-c1cnc(-c2ccc(CC(NC(=O)c3ccc(C(C)(C)C)cc3)C(=O)O)cc2)nc1. The molecule has 0 fully saturated rings. The number of hydrogen-bond donors (Lipinski definition) is 2. The molecule has 0 spiro atoms. The molecule has 7 heteroatoms. The van der Waals surface area contributed by atoms with Crippen molar-refractivity contribution in [2.24, 2.45) is 0 Å². The number of ether oxygens (including phenoxy) is 1. The Morgan fingerprint density at radius 2 is 1.50 bits per heavy atom. The lowest BCUT2D eigenvalue weighted by Crippen LogP contribution is -2.42. The Morgan fingerprint density at radius 1 is 0.841 bits per heavy atom. The number of para-hydroxylation sites is 1. The predicted molar refractivity (Wildman–Crippen MR) is 175 cm³/mol. The maximum absolute atomic E-state index is 12.8. The molecule has 2 N–H and O–H groups in total. The summed E-state index contributed by atoms with van der Waals surface area (Å²) in [5.74, 6) is -0.113. The van der Waals surface area contributed by atoms with Gasteiger partial charge in [0.2, 0.25) is 0 Å². The van der Waals surface area contributed by atoms with E-state index >= 15 is 0 Å². The number of rotatable bonds is 14. The summed E-state index contributed by atoms with van der Waals surface area (Å²) in [5, 5.41) is 12.5. The topological polar surface area (TPSA) is 101 Å². The Kier molecular flexibility index (Phi) is 11.2. The summed E-state index contributed by atoms with van der Waals surface area (Å²) in [5.41, 5.74) is 4.91. The van der Waals surface area contributed by atoms with Crippen molar-refractivity contribution < 1.29 is 19.4 Å². The van der Waals surface area contributed by atoms with E-state index in [1.165, 1.54) is 25.7 Å². The van der Waals surface area contributed by atoms with Crippen LogP contribution in [-0.2, 0) is 16.6 Å². The van der Waals surface area contributed by atoms with Gasteiger partial charge in [0, 0.05) is 41.1 Å². The fourth-order valence-corrected chi connectivity index (χ4v) is 4.92. The zero-order valence-electron chi connectivity index (χ0n) is 26.2. The van der Waals surface area contributed by atoms with Gasteiger partial charge in [0.25, 0.3) is 5.91 Å². The molecule has 7 nitrogen and oxygen atoms in total. The minimum Gasteiger partial charge on any atom is -0.493 e. The average molecular weight is 594 g/mol. The molecule has 0 aliphatic carbocycles. The van der Waals surface area contributed by atoms with Crippen LogP contribution < -0.4 is 10.1 Å². The first-order valence-corrected chi connectivity index (χ1v) is 15.4. The van der Waals surface area contributed by atoms with Crippen LogP contribution in [-0.4, -0.2) is 39.6 Å². The van der Waals surface area contributed by atoms with Gasteiger partial charge >= 0.3 is 5.97 Å². The lowest BCUT2D eigenvalue weighted by molar-refractivity contribution is -0.139. The molecule has 4 aromatic rings. The molecule has 0 aliphatic rings. The molecule has 1 aromatic heterocycles. The Hall–Kier alpha value is -4.52. The van der Waals surface area contributed by atoms with Crippen molar-refractivity contribution in [2.75, 3.05) is 6.61 Å². The number of unbranched alkanes of at least 4 members (excludes halogenated alkanes) is 4. The Bertz CT molecular complexity index is 1510. The summed E-state index contributed by atoms with van der Waals surface area (Å²) in [7, 11) is 0. The Morgan fingerprint density at radius 3 is 2.14 bits per heavy atom. The van der Waals surface area contributed by atoms with E-state index in [1.54, 1.807) is 24.5 Å². The summed E-state index contributed by atoms with van der Waals surface area (Å²) < 4.78 is 6.09. The lowest BCUT2D eigenvalue weighted by Gasteiger charge is -2.19. The van der Waals surface area contributed by atoms with Crippen LogP contribution in [0.15, 0.2) is 85.2 Å². The number of amides is 1. The third kappa shape index (κ3) is 8.99. The van der Waals surface area contributed by atoms with Gasteiger partial charge in [-0.25, -0.2) is 14.8 Å². The third-order valence-corrected chi connectivity index (χ3v) is 7.62. The highest BCUT2D eigenvalue weighted by molar-refractivity contribution is 5.96. The molecule has 3 aromatic carbocycles. The van der Waals surface area contributed by atoms with Gasteiger partial charge in [0.15, 0.2) is 5.82 Å². The minimum atomic E-state index is -1.09. The van der Waals surface area contributed by atoms with E-state index in [-0.39, 0.29) is 11.8 Å². The number of hydrogen-bond acceptors (Lipinski definition) is 5. The van der Waals surface area contributed by atoms with Gasteiger partial charge in [-0.2, -0.15) is 0 Å². The fraction of sp³-hybridized carbons (Fsp3) is 0.351. The van der Waals surface area contributed by atoms with Gasteiger partial charge in [-0.1, -0.05) is 108 Å². The smallest absolute Gasteiger partial charge is 0.326 e. The molecule has 1 heterocycles. The first-order valence-electron chi connectivity index (χ1n) is 15.4. The number of aliphatic carboxylic acids is 1. The number of carbonyl (C=O) groups excluding carboxylic acids is 1. The molecule has 230 valence electrons. The van der Waals surface area contributed by atoms with E-state index < -0.39 is 17.9 Å². The molecule has 0 saturated carbocycles. The van der Waals surface area contributed by atoms with E-state index in [0.29, 0.717) is 18.0 Å². The highest BCUT2D eigenvalue weighted by Gasteiger charge is 2.22. The third-order valence-electron chi connectivity index (χ3n) is 7.62. The monoisotopic (exact) mass is 593 g/mol. The van der Waals surface area contributed by atoms with Crippen molar-refractivity contribution in [1.82, 2.24) is 15.3 Å². The van der Waals surface area contributed by atoms with Crippen molar-refractivity contribution in [1.29, 1.82) is 0 Å². The normalized spacial score (nSPS) is 12.0. The van der Waals surface area contributed by atoms with Gasteiger partial charge in [0.05, 0.1) is 6.61 Å². The zero-order valence-corrected chi connectivity index (χ0v) is 26.2. The van der Waals surface area contributed by atoms with Gasteiger partial charge in [-0.05, 0) is 41.2 Å². The standard InChI is InChI=1S/C37H43N3O4/c1-5-6-7-8-11-22-44-33-13-10-9-12-31(33)29-24-38-34(39-25-29)27-16-14-26(15-17-27)23-32(36(42)43)40-35(41)28-18-20-30(21-19-28)37(2,3)4/h9-10,12-21,24-25,32H,5-8,11,22-23H2,1-4H3,(H,40,41)(H,42,43). The first-order chi connectivity index (χ1) is 21.2. The molecule has 0 saturated heterocycles. The number of nitrogens with zero attached hydrogens (tertiary/aromatic N) is 2. The molecule has 44 heavy (non-hydrogen) atoms. The largest absolute Gasteiger partial charge is 0.493 e. The number of benzene rings is 3. The maximum Gasteiger partial charge on any atom is 0.326 e. The van der Waals surface area contributed by atoms with Crippen molar-refractivity contribution in [3.05, 3.63) is 102 Å². The van der Waals surface area contributed by atoms with Crippen LogP contribution in [0.4, 0.5) is 0 Å². The fourth-order valence-electron chi connectivity index (χ4n) is 4.92. The molecule has 1 amide bonds. The number of nitrogens with one attached hydrogen (secondary N) is 1. The number of aromatic nitrogens is 2. The molecule has 4 rings (SSSR count). The molecule has 0 bridgehead atoms. The van der Waals surface area contributed by atoms with Crippen LogP contribution in [0.5, 0.6) is 5.75 Å². The van der Waals surface area contributed by atoms with Gasteiger partial charge in [-0.15, -0.1) is 0 Å². The Balaban J connectivity index is 1.37. The molecule has 1 unspecified atom stereocenters. The van der Waals surface area contributed by atoms with Gasteiger partial charge < -0.3 is 15.2 Å². The molecular formula is C37H43N3O4. The predicted octanol–water partition coefficient (Wildman–Crippen LogP) is 7.88. The van der Waals surface area contributed by atoms with Crippen molar-refractivity contribution in [2.45, 2.75) is 77.7 Å². The van der Waals surface area contributed by atoms with E-state index in [2.05, 4.69) is 43.0 Å². The highest BCUT2D eigenvalue weighted by atomic mass is 16.5. The highest BCUT2D eigenvalue weighted by Crippen LogP contribution is 2.30. The second-order valence-electron chi connectivity index (χ2n) is 12.1. The summed E-state index contributed by atoms with van der Waals surface area (Å²) in [6, 6.07) is 21.6. The summed E-state index contributed by atoms with van der Waals surface area (Å²) in [4.78, 5) is 34.0. The lowest BCUT2D eigenvalue weighted by atomic mass is 9.86. The van der Waals surface area contributed by atoms with Gasteiger partial charge in [-0.3, -0.25) is 4.79 Å². The number of carboxylic acids is 1. The molecular weight excluding hydrogens is 550 g/mol. The number of carbonyl (C=O) groups is 2. The van der Waals surface area contributed by atoms with Crippen molar-refractivity contribution >= 4 is 11.9 Å². The van der Waals surface area contributed by atoms with Crippen molar-refractivity contribution in [3.8, 4) is 28.3 Å². The second kappa shape index (κ2) is 15.3. The van der Waals surface area contributed by atoms with Crippen LogP contribution in [0, 0.1) is 0 Å². The van der Waals surface area contributed by atoms with Crippen LogP contribution >= 0.6 is 0 Å². The van der Waals surface area contributed by atoms with E-state index in [0.717, 1.165) is 40.0 Å². The van der Waals surface area contributed by atoms with Gasteiger partial charge in [0.1, 0.15) is 11.8 Å². The maximum atomic E-state index is 12.8. The minimum absolute atomic E-state index is 0.0365. The van der Waals surface area contributed by atoms with E-state index in [9.17, 15) is 14.7 Å². The van der Waals surface area contributed by atoms with Crippen molar-refractivity contribution in [3.63, 3.8) is 0 Å². The molecule has 1 atom stereocenters. The summed E-state index contributed by atoms with van der Waals surface area (Å²) in [6.45, 7) is 9.19. The summed E-state index contributed by atoms with van der Waals surface area (Å²) >= 11 is 0. The number of carboxylic acid groups (broad SMARTS) is 1. The van der Waals surface area contributed by atoms with E-state index in [1.807, 2.05) is 60.7 Å². The van der Waals surface area contributed by atoms with Crippen LogP contribution in [0.25, 0.3) is 22.5 Å². The van der Waals surface area contributed by atoms with Crippen LogP contribution in [0.1, 0.15) is 81.3 Å². The van der Waals surface area contributed by atoms with Crippen LogP contribution in [0.2, 0.25) is 0 Å². The Labute approximate surface area is 260 Å². The first kappa shape index (κ1) is 32.4. The zero-order chi connectivity index (χ0) is 31.5. The molecule has 0 radical (unpaired) electrons. The van der Waals surface area contributed by atoms with E-state index in [4.69, 9.17) is 4.74 Å². The quantitative estimate of drug-likeness (QED) is 0.144. The molecule has 0 aliphatic heterocycles.